The average molecular weight is 533 g/mol. The number of nitrogen functional groups attached to an aromatic ring is 1. The summed E-state index contributed by atoms with van der Waals surface area (Å²) in [6.07, 6.45) is 6.42. The first-order valence-electron chi connectivity index (χ1n) is 11.6. The number of nitrogens with one attached hydrogen (secondary N) is 2. The Bertz CT molecular complexity index is 1710. The van der Waals surface area contributed by atoms with Crippen LogP contribution in [0.3, 0.4) is 0 Å². The van der Waals surface area contributed by atoms with Gasteiger partial charge in [-0.25, -0.2) is 19.0 Å². The molecule has 0 spiro atoms. The van der Waals surface area contributed by atoms with Crippen LogP contribution in [0.1, 0.15) is 16.5 Å². The molecule has 1 aliphatic heterocycles. The molecule has 4 N–H and O–H groups in total. The highest BCUT2D eigenvalue weighted by Crippen LogP contribution is 2.29. The molecule has 1 aliphatic rings. The second-order valence-electron chi connectivity index (χ2n) is 8.70. The maximum absolute atomic E-state index is 13.2. The van der Waals surface area contributed by atoms with Crippen LogP contribution < -0.4 is 26.7 Å². The van der Waals surface area contributed by atoms with Crippen molar-refractivity contribution >= 4 is 38.8 Å². The number of anilines is 2. The number of thiophene rings is 1. The number of aromatic nitrogens is 5. The number of nitrogens with two attached hydrogens (primary N) is 1. The standard InChI is InChI=1S/C25H21FN8O3S/c26-16-1-3-17(4-2-16)34-10-15(8-31-34)19-12-37-24-23(32-19)25(36)33(13-30-24)11-22(35)29-9-18-5-14-7-28-21(27)6-20(14)38-18/h1-8,10,13,19,32H,9,11-12H2,(H2,27,28)(H,29,35)/t19-/m0/s1. The van der Waals surface area contributed by atoms with Crippen LogP contribution in [-0.2, 0) is 17.9 Å². The Kier molecular flexibility index (Phi) is 5.96. The van der Waals surface area contributed by atoms with Crippen LogP contribution in [0.25, 0.3) is 15.8 Å². The van der Waals surface area contributed by atoms with E-state index in [1.807, 2.05) is 6.07 Å². The van der Waals surface area contributed by atoms with Gasteiger partial charge < -0.3 is 21.1 Å². The third-order valence-electron chi connectivity index (χ3n) is 6.05. The largest absolute Gasteiger partial charge is 0.473 e. The Hall–Kier alpha value is -4.78. The molecule has 192 valence electrons. The monoisotopic (exact) mass is 532 g/mol. The predicted octanol–water partition coefficient (Wildman–Crippen LogP) is 2.62. The van der Waals surface area contributed by atoms with E-state index in [0.717, 1.165) is 20.5 Å². The lowest BCUT2D eigenvalue weighted by Crippen LogP contribution is -2.36. The van der Waals surface area contributed by atoms with Crippen molar-refractivity contribution < 1.29 is 13.9 Å². The van der Waals surface area contributed by atoms with Gasteiger partial charge in [-0.2, -0.15) is 5.10 Å². The van der Waals surface area contributed by atoms with Crippen molar-refractivity contribution in [2.24, 2.45) is 0 Å². The van der Waals surface area contributed by atoms with Gasteiger partial charge in [0.25, 0.3) is 5.56 Å². The molecule has 38 heavy (non-hydrogen) atoms. The summed E-state index contributed by atoms with van der Waals surface area (Å²) in [7, 11) is 0. The Morgan fingerprint density at radius 1 is 1.24 bits per heavy atom. The number of benzene rings is 1. The number of fused-ring (bicyclic) bond motifs is 2. The van der Waals surface area contributed by atoms with Crippen LogP contribution in [0.5, 0.6) is 5.88 Å². The molecule has 6 rings (SSSR count). The van der Waals surface area contributed by atoms with Crippen molar-refractivity contribution in [1.29, 1.82) is 0 Å². The highest BCUT2D eigenvalue weighted by Gasteiger charge is 2.26. The van der Waals surface area contributed by atoms with Gasteiger partial charge in [0.1, 0.15) is 31.1 Å². The van der Waals surface area contributed by atoms with Crippen LogP contribution in [0.4, 0.5) is 15.9 Å². The van der Waals surface area contributed by atoms with E-state index < -0.39 is 5.56 Å². The van der Waals surface area contributed by atoms with Gasteiger partial charge in [0.05, 0.1) is 24.5 Å². The summed E-state index contributed by atoms with van der Waals surface area (Å²) in [5, 5.41) is 11.3. The molecule has 4 aromatic heterocycles. The molecule has 0 unspecified atom stereocenters. The summed E-state index contributed by atoms with van der Waals surface area (Å²) in [5.41, 5.74) is 6.94. The molecule has 0 saturated heterocycles. The molecule has 5 heterocycles. The number of carbonyl (C=O) groups excluding carboxylic acids is 1. The Labute approximate surface area is 218 Å². The topological polar surface area (TPSA) is 142 Å². The van der Waals surface area contributed by atoms with Gasteiger partial charge in [-0.3, -0.25) is 14.2 Å². The fourth-order valence-electron chi connectivity index (χ4n) is 4.12. The lowest BCUT2D eigenvalue weighted by Gasteiger charge is -2.25. The summed E-state index contributed by atoms with van der Waals surface area (Å²) < 4.78 is 22.8. The maximum Gasteiger partial charge on any atom is 0.281 e. The lowest BCUT2D eigenvalue weighted by molar-refractivity contribution is -0.121. The van der Waals surface area contributed by atoms with E-state index >= 15 is 0 Å². The van der Waals surface area contributed by atoms with E-state index in [4.69, 9.17) is 10.5 Å². The van der Waals surface area contributed by atoms with Crippen molar-refractivity contribution in [3.8, 4) is 11.6 Å². The van der Waals surface area contributed by atoms with Crippen molar-refractivity contribution in [1.82, 2.24) is 29.6 Å². The average Bonchev–Trinajstić information content (AvgIpc) is 3.57. The first kappa shape index (κ1) is 23.6. The molecule has 1 atom stereocenters. The van der Waals surface area contributed by atoms with E-state index in [1.165, 1.54) is 34.4 Å². The zero-order valence-electron chi connectivity index (χ0n) is 19.8. The zero-order valence-corrected chi connectivity index (χ0v) is 20.6. The first-order valence-corrected chi connectivity index (χ1v) is 12.4. The molecule has 0 saturated carbocycles. The third-order valence-corrected chi connectivity index (χ3v) is 7.15. The molecule has 5 aromatic rings. The summed E-state index contributed by atoms with van der Waals surface area (Å²) in [6.45, 7) is 0.343. The van der Waals surface area contributed by atoms with Gasteiger partial charge in [0.15, 0.2) is 5.69 Å². The highest BCUT2D eigenvalue weighted by molar-refractivity contribution is 7.19. The van der Waals surface area contributed by atoms with E-state index in [2.05, 4.69) is 25.7 Å². The normalized spacial score (nSPS) is 14.5. The molecular formula is C25H21FN8O3S. The second-order valence-corrected chi connectivity index (χ2v) is 9.87. The van der Waals surface area contributed by atoms with Crippen molar-refractivity contribution in [2.75, 3.05) is 17.7 Å². The first-order chi connectivity index (χ1) is 18.4. The fourth-order valence-corrected chi connectivity index (χ4v) is 5.14. The minimum absolute atomic E-state index is 0.167. The highest BCUT2D eigenvalue weighted by atomic mass is 32.1. The number of rotatable bonds is 6. The minimum atomic E-state index is -0.427. The van der Waals surface area contributed by atoms with Gasteiger partial charge >= 0.3 is 0 Å². The SMILES string of the molecule is Nc1cc2sc(CNC(=O)Cn3cnc4c(c3=O)N[C@H](c3cnn(-c5ccc(F)cc5)c3)CO4)cc2cn1. The molecule has 0 aliphatic carbocycles. The molecule has 0 bridgehead atoms. The zero-order chi connectivity index (χ0) is 26.2. The number of nitrogens with zero attached hydrogens (tertiary/aromatic N) is 5. The molecule has 1 aromatic carbocycles. The summed E-state index contributed by atoms with van der Waals surface area (Å²) in [4.78, 5) is 35.0. The Balaban J connectivity index is 1.13. The van der Waals surface area contributed by atoms with E-state index in [1.54, 1.807) is 41.5 Å². The smallest absolute Gasteiger partial charge is 0.281 e. The number of hydrogen-bond donors (Lipinski definition) is 3. The molecular weight excluding hydrogens is 511 g/mol. The van der Waals surface area contributed by atoms with Gasteiger partial charge in [0.2, 0.25) is 11.8 Å². The number of ether oxygens (including phenoxy) is 1. The quantitative estimate of drug-likeness (QED) is 0.303. The fraction of sp³-hybridized carbons (Fsp3) is 0.160. The molecule has 1 amide bonds. The molecule has 11 nitrogen and oxygen atoms in total. The van der Waals surface area contributed by atoms with Gasteiger partial charge in [-0.15, -0.1) is 11.3 Å². The molecule has 13 heteroatoms. The Morgan fingerprint density at radius 3 is 2.92 bits per heavy atom. The van der Waals surface area contributed by atoms with Crippen LogP contribution in [-0.4, -0.2) is 36.8 Å². The van der Waals surface area contributed by atoms with E-state index in [0.29, 0.717) is 18.1 Å². The maximum atomic E-state index is 13.2. The van der Waals surface area contributed by atoms with Gasteiger partial charge in [-0.1, -0.05) is 0 Å². The van der Waals surface area contributed by atoms with Crippen LogP contribution in [0.15, 0.2) is 66.1 Å². The van der Waals surface area contributed by atoms with E-state index in [-0.39, 0.29) is 42.5 Å². The third kappa shape index (κ3) is 4.66. The molecule has 0 radical (unpaired) electrons. The number of pyridine rings is 1. The van der Waals surface area contributed by atoms with Crippen LogP contribution in [0.2, 0.25) is 0 Å². The number of carbonyl (C=O) groups is 1. The number of amides is 1. The lowest BCUT2D eigenvalue weighted by atomic mass is 10.1. The summed E-state index contributed by atoms with van der Waals surface area (Å²) in [6, 6.07) is 9.32. The minimum Gasteiger partial charge on any atom is -0.473 e. The van der Waals surface area contributed by atoms with Crippen LogP contribution in [0, 0.1) is 5.82 Å². The van der Waals surface area contributed by atoms with Crippen molar-refractivity contribution in [2.45, 2.75) is 19.1 Å². The predicted molar refractivity (Wildman–Crippen MR) is 140 cm³/mol. The van der Waals surface area contributed by atoms with Gasteiger partial charge in [0, 0.05) is 32.9 Å². The van der Waals surface area contributed by atoms with Crippen LogP contribution >= 0.6 is 11.3 Å². The Morgan fingerprint density at radius 2 is 2.08 bits per heavy atom. The van der Waals surface area contributed by atoms with E-state index in [9.17, 15) is 14.0 Å². The molecule has 0 fully saturated rings. The second kappa shape index (κ2) is 9.59. The number of hydrogen-bond acceptors (Lipinski definition) is 9. The van der Waals surface area contributed by atoms with Crippen molar-refractivity contribution in [3.63, 3.8) is 0 Å². The summed E-state index contributed by atoms with van der Waals surface area (Å²) in [5.74, 6) is -0.0543. The van der Waals surface area contributed by atoms with Crippen molar-refractivity contribution in [3.05, 3.63) is 87.9 Å². The van der Waals surface area contributed by atoms with Gasteiger partial charge in [-0.05, 0) is 36.4 Å². The number of halogens is 1. The summed E-state index contributed by atoms with van der Waals surface area (Å²) >= 11 is 1.51.